The van der Waals surface area contributed by atoms with E-state index >= 15 is 0 Å². The number of benzene rings is 1. The van der Waals surface area contributed by atoms with Gasteiger partial charge in [0.15, 0.2) is 0 Å². The summed E-state index contributed by atoms with van der Waals surface area (Å²) >= 11 is 1.62. The molecule has 0 aliphatic carbocycles. The van der Waals surface area contributed by atoms with E-state index in [0.29, 0.717) is 0 Å². The van der Waals surface area contributed by atoms with Gasteiger partial charge in [-0.3, -0.25) is 15.1 Å². The van der Waals surface area contributed by atoms with Crippen LogP contribution in [0.1, 0.15) is 12.0 Å². The number of aliphatic imine (C=N–C) groups is 1. The summed E-state index contributed by atoms with van der Waals surface area (Å²) in [7, 11) is 0. The zero-order chi connectivity index (χ0) is 12.3. The average molecular weight is 248 g/mol. The van der Waals surface area contributed by atoms with Crippen molar-refractivity contribution in [2.45, 2.75) is 6.42 Å². The van der Waals surface area contributed by atoms with Gasteiger partial charge in [-0.1, -0.05) is 12.1 Å². The van der Waals surface area contributed by atoms with Crippen molar-refractivity contribution in [3.05, 3.63) is 45.5 Å². The van der Waals surface area contributed by atoms with Crippen LogP contribution in [0.15, 0.2) is 34.8 Å². The van der Waals surface area contributed by atoms with E-state index in [9.17, 15) is 10.1 Å². The molecule has 1 aromatic carbocycles. The molecule has 1 aliphatic heterocycles. The van der Waals surface area contributed by atoms with Crippen molar-refractivity contribution in [3.63, 3.8) is 0 Å². The summed E-state index contributed by atoms with van der Waals surface area (Å²) in [6.07, 6.45) is 4.89. The highest BCUT2D eigenvalue weighted by Gasteiger charge is 2.12. The van der Waals surface area contributed by atoms with Crippen LogP contribution in [0, 0.1) is 10.1 Å². The molecule has 0 saturated heterocycles. The van der Waals surface area contributed by atoms with Crippen molar-refractivity contribution in [3.8, 4) is 0 Å². The molecule has 17 heavy (non-hydrogen) atoms. The molecule has 0 bridgehead atoms. The SMILES string of the molecule is CSC1=NCC/C1=C\c1cccc([N+](=O)[O-])c1. The molecule has 1 aromatic rings. The lowest BCUT2D eigenvalue weighted by Gasteiger charge is -2.00. The zero-order valence-electron chi connectivity index (χ0n) is 9.42. The molecule has 0 N–H and O–H groups in total. The predicted molar refractivity (Wildman–Crippen MR) is 71.5 cm³/mol. The van der Waals surface area contributed by atoms with Gasteiger partial charge in [0, 0.05) is 18.7 Å². The minimum Gasteiger partial charge on any atom is -0.278 e. The Balaban J connectivity index is 2.30. The largest absolute Gasteiger partial charge is 0.278 e. The first-order valence-electron chi connectivity index (χ1n) is 5.24. The van der Waals surface area contributed by atoms with Gasteiger partial charge < -0.3 is 0 Å². The number of nitro groups is 1. The fourth-order valence-electron chi connectivity index (χ4n) is 1.75. The van der Waals surface area contributed by atoms with Gasteiger partial charge in [0.1, 0.15) is 0 Å². The summed E-state index contributed by atoms with van der Waals surface area (Å²) in [6, 6.07) is 6.66. The Kier molecular flexibility index (Phi) is 3.58. The lowest BCUT2D eigenvalue weighted by molar-refractivity contribution is -0.384. The fourth-order valence-corrected chi connectivity index (χ4v) is 2.39. The van der Waals surface area contributed by atoms with Crippen molar-refractivity contribution in [1.29, 1.82) is 0 Å². The third kappa shape index (κ3) is 2.74. The van der Waals surface area contributed by atoms with Crippen LogP contribution in [0.25, 0.3) is 6.08 Å². The second-order valence-electron chi connectivity index (χ2n) is 3.66. The van der Waals surface area contributed by atoms with E-state index in [1.54, 1.807) is 23.9 Å². The Morgan fingerprint density at radius 1 is 1.53 bits per heavy atom. The van der Waals surface area contributed by atoms with Crippen molar-refractivity contribution in [1.82, 2.24) is 0 Å². The first kappa shape index (κ1) is 11.9. The van der Waals surface area contributed by atoms with Gasteiger partial charge in [-0.05, 0) is 29.9 Å². The topological polar surface area (TPSA) is 55.5 Å². The molecule has 1 heterocycles. The maximum atomic E-state index is 10.7. The molecule has 2 rings (SSSR count). The van der Waals surface area contributed by atoms with Crippen LogP contribution in [0.2, 0.25) is 0 Å². The monoisotopic (exact) mass is 248 g/mol. The average Bonchev–Trinajstić information content (AvgIpc) is 2.76. The molecule has 88 valence electrons. The van der Waals surface area contributed by atoms with Gasteiger partial charge in [0.05, 0.1) is 9.97 Å². The molecule has 0 aromatic heterocycles. The smallest absolute Gasteiger partial charge is 0.270 e. The number of rotatable bonds is 2. The van der Waals surface area contributed by atoms with E-state index in [-0.39, 0.29) is 10.6 Å². The lowest BCUT2D eigenvalue weighted by atomic mass is 10.1. The lowest BCUT2D eigenvalue weighted by Crippen LogP contribution is -1.91. The molecule has 0 fully saturated rings. The minimum absolute atomic E-state index is 0.125. The summed E-state index contributed by atoms with van der Waals surface area (Å²) in [5.41, 5.74) is 2.15. The molecule has 4 nitrogen and oxygen atoms in total. The van der Waals surface area contributed by atoms with Crippen LogP contribution in [-0.2, 0) is 0 Å². The highest BCUT2D eigenvalue weighted by molar-refractivity contribution is 8.13. The first-order chi connectivity index (χ1) is 8.20. The number of hydrogen-bond acceptors (Lipinski definition) is 4. The summed E-state index contributed by atoms with van der Waals surface area (Å²) in [5.74, 6) is 0. The van der Waals surface area contributed by atoms with Crippen LogP contribution in [0.3, 0.4) is 0 Å². The Bertz CT molecular complexity index is 509. The van der Waals surface area contributed by atoms with Gasteiger partial charge in [-0.15, -0.1) is 11.8 Å². The molecule has 0 spiro atoms. The maximum Gasteiger partial charge on any atom is 0.270 e. The highest BCUT2D eigenvalue weighted by atomic mass is 32.2. The molecular formula is C12H12N2O2S. The number of nitrogens with zero attached hydrogens (tertiary/aromatic N) is 2. The maximum absolute atomic E-state index is 10.7. The Morgan fingerprint density at radius 3 is 3.06 bits per heavy atom. The molecule has 5 heteroatoms. The van der Waals surface area contributed by atoms with Crippen LogP contribution in [0.4, 0.5) is 5.69 Å². The second kappa shape index (κ2) is 5.14. The molecule has 0 unspecified atom stereocenters. The molecule has 0 radical (unpaired) electrons. The minimum atomic E-state index is -0.375. The Labute approximate surface area is 104 Å². The van der Waals surface area contributed by atoms with Gasteiger partial charge in [0.2, 0.25) is 0 Å². The second-order valence-corrected chi connectivity index (χ2v) is 4.46. The molecule has 0 atom stereocenters. The van der Waals surface area contributed by atoms with Gasteiger partial charge in [-0.2, -0.15) is 0 Å². The molecular weight excluding hydrogens is 236 g/mol. The summed E-state index contributed by atoms with van der Waals surface area (Å²) in [5, 5.41) is 11.7. The van der Waals surface area contributed by atoms with Crippen LogP contribution in [-0.4, -0.2) is 22.8 Å². The van der Waals surface area contributed by atoms with E-state index in [2.05, 4.69) is 4.99 Å². The number of nitro benzene ring substituents is 1. The van der Waals surface area contributed by atoms with E-state index < -0.39 is 0 Å². The Hall–Kier alpha value is -1.62. The normalized spacial score (nSPS) is 17.2. The number of hydrogen-bond donors (Lipinski definition) is 0. The fraction of sp³-hybridized carbons (Fsp3) is 0.250. The number of thioether (sulfide) groups is 1. The predicted octanol–water partition coefficient (Wildman–Crippen LogP) is 3.14. The van der Waals surface area contributed by atoms with Crippen molar-refractivity contribution < 1.29 is 4.92 Å². The third-order valence-corrected chi connectivity index (χ3v) is 3.30. The van der Waals surface area contributed by atoms with Crippen molar-refractivity contribution in [2.24, 2.45) is 4.99 Å². The summed E-state index contributed by atoms with van der Waals surface area (Å²) < 4.78 is 0. The molecule has 0 amide bonds. The zero-order valence-corrected chi connectivity index (χ0v) is 10.2. The van der Waals surface area contributed by atoms with Crippen molar-refractivity contribution in [2.75, 3.05) is 12.8 Å². The third-order valence-electron chi connectivity index (χ3n) is 2.53. The van der Waals surface area contributed by atoms with Gasteiger partial charge in [0.25, 0.3) is 5.69 Å². The molecule has 0 saturated carbocycles. The van der Waals surface area contributed by atoms with Crippen LogP contribution >= 0.6 is 11.8 Å². The van der Waals surface area contributed by atoms with E-state index in [1.165, 1.54) is 6.07 Å². The van der Waals surface area contributed by atoms with E-state index in [0.717, 1.165) is 29.1 Å². The van der Waals surface area contributed by atoms with Gasteiger partial charge >= 0.3 is 0 Å². The van der Waals surface area contributed by atoms with Crippen LogP contribution in [0.5, 0.6) is 0 Å². The summed E-state index contributed by atoms with van der Waals surface area (Å²) in [6.45, 7) is 0.816. The number of non-ortho nitro benzene ring substituents is 1. The standard InChI is InChI=1S/C12H12N2O2S/c1-17-12-10(5-6-13-12)7-9-3-2-4-11(8-9)14(15)16/h2-4,7-8H,5-6H2,1H3/b10-7+. The van der Waals surface area contributed by atoms with Crippen LogP contribution < -0.4 is 0 Å². The van der Waals surface area contributed by atoms with E-state index in [4.69, 9.17) is 0 Å². The van der Waals surface area contributed by atoms with Gasteiger partial charge in [-0.25, -0.2) is 0 Å². The van der Waals surface area contributed by atoms with E-state index in [1.807, 2.05) is 18.4 Å². The molecule has 1 aliphatic rings. The quantitative estimate of drug-likeness (QED) is 0.596. The first-order valence-corrected chi connectivity index (χ1v) is 6.47. The Morgan fingerprint density at radius 2 is 2.35 bits per heavy atom. The summed E-state index contributed by atoms with van der Waals surface area (Å²) in [4.78, 5) is 14.7. The highest BCUT2D eigenvalue weighted by Crippen LogP contribution is 2.24. The van der Waals surface area contributed by atoms with Crippen molar-refractivity contribution >= 4 is 28.6 Å².